The minimum atomic E-state index is -0.144. The maximum Gasteiger partial charge on any atom is 0.164 e. The molecule has 1 saturated heterocycles. The number of hydrogen-bond acceptors (Lipinski definition) is 3. The summed E-state index contributed by atoms with van der Waals surface area (Å²) in [5.74, 6) is 0.209. The molecule has 3 nitrogen and oxygen atoms in total. The molecule has 1 aliphatic rings. The average Bonchev–Trinajstić information content (AvgIpc) is 2.38. The van der Waals surface area contributed by atoms with Gasteiger partial charge in [-0.3, -0.25) is 4.79 Å². The number of rotatable bonds is 4. The molecular formula is C15H21NO2. The number of ketones is 1. The van der Waals surface area contributed by atoms with Crippen molar-refractivity contribution in [2.24, 2.45) is 0 Å². The van der Waals surface area contributed by atoms with Crippen molar-refractivity contribution >= 4 is 5.78 Å². The number of piperidine rings is 1. The van der Waals surface area contributed by atoms with Crippen LogP contribution in [-0.4, -0.2) is 41.5 Å². The standard InChI is InChI=1S/C15H21NO2/c1-12-2-4-13(5-3-12)15(18)8-11-16-9-6-14(17)7-10-16/h2-5,14,17H,6-11H2,1H3. The van der Waals surface area contributed by atoms with Crippen molar-refractivity contribution < 1.29 is 9.90 Å². The lowest BCUT2D eigenvalue weighted by molar-refractivity contribution is 0.0778. The predicted molar refractivity (Wildman–Crippen MR) is 71.8 cm³/mol. The van der Waals surface area contributed by atoms with Crippen LogP contribution in [0.15, 0.2) is 24.3 Å². The molecule has 1 fully saturated rings. The number of carbonyl (C=O) groups is 1. The van der Waals surface area contributed by atoms with Crippen molar-refractivity contribution in [3.63, 3.8) is 0 Å². The molecule has 1 aliphatic heterocycles. The van der Waals surface area contributed by atoms with Gasteiger partial charge in [-0.25, -0.2) is 0 Å². The largest absolute Gasteiger partial charge is 0.393 e. The molecule has 1 aromatic carbocycles. The summed E-state index contributed by atoms with van der Waals surface area (Å²) in [5, 5.41) is 9.41. The number of aryl methyl sites for hydroxylation is 1. The molecule has 1 heterocycles. The van der Waals surface area contributed by atoms with Crippen molar-refractivity contribution in [1.29, 1.82) is 0 Å². The normalized spacial score (nSPS) is 17.9. The van der Waals surface area contributed by atoms with Crippen LogP contribution in [0.4, 0.5) is 0 Å². The minimum Gasteiger partial charge on any atom is -0.393 e. The van der Waals surface area contributed by atoms with Crippen molar-refractivity contribution in [1.82, 2.24) is 4.90 Å². The molecule has 0 aromatic heterocycles. The lowest BCUT2D eigenvalue weighted by Gasteiger charge is -2.29. The van der Waals surface area contributed by atoms with Gasteiger partial charge in [-0.05, 0) is 19.8 Å². The van der Waals surface area contributed by atoms with Crippen LogP contribution in [0, 0.1) is 6.92 Å². The Kier molecular flexibility index (Phi) is 4.50. The first-order valence-corrected chi connectivity index (χ1v) is 6.65. The van der Waals surface area contributed by atoms with E-state index in [1.165, 1.54) is 5.56 Å². The number of hydrogen-bond donors (Lipinski definition) is 1. The predicted octanol–water partition coefficient (Wildman–Crippen LogP) is 2.02. The minimum absolute atomic E-state index is 0.144. The molecule has 1 N–H and O–H groups in total. The summed E-state index contributed by atoms with van der Waals surface area (Å²) in [7, 11) is 0. The summed E-state index contributed by atoms with van der Waals surface area (Å²) in [6.45, 7) is 4.64. The Hall–Kier alpha value is -1.19. The van der Waals surface area contributed by atoms with Crippen LogP contribution < -0.4 is 0 Å². The first kappa shape index (κ1) is 13.2. The van der Waals surface area contributed by atoms with E-state index in [0.29, 0.717) is 6.42 Å². The van der Waals surface area contributed by atoms with Crippen molar-refractivity contribution in [2.75, 3.05) is 19.6 Å². The zero-order chi connectivity index (χ0) is 13.0. The molecule has 0 spiro atoms. The third-order valence-electron chi connectivity index (χ3n) is 3.59. The van der Waals surface area contributed by atoms with Crippen molar-refractivity contribution in [3.05, 3.63) is 35.4 Å². The topological polar surface area (TPSA) is 40.5 Å². The Morgan fingerprint density at radius 2 is 1.89 bits per heavy atom. The van der Waals surface area contributed by atoms with Gasteiger partial charge in [0.2, 0.25) is 0 Å². The van der Waals surface area contributed by atoms with Crippen LogP contribution in [0.1, 0.15) is 35.2 Å². The second kappa shape index (κ2) is 6.12. The van der Waals surface area contributed by atoms with Gasteiger partial charge in [0.25, 0.3) is 0 Å². The SMILES string of the molecule is Cc1ccc(C(=O)CCN2CCC(O)CC2)cc1. The van der Waals surface area contributed by atoms with E-state index in [2.05, 4.69) is 4.90 Å². The number of likely N-dealkylation sites (tertiary alicyclic amines) is 1. The van der Waals surface area contributed by atoms with E-state index in [-0.39, 0.29) is 11.9 Å². The number of aliphatic hydroxyl groups excluding tert-OH is 1. The summed E-state index contributed by atoms with van der Waals surface area (Å²) in [6.07, 6.45) is 2.09. The zero-order valence-corrected chi connectivity index (χ0v) is 10.9. The molecule has 0 bridgehead atoms. The summed E-state index contributed by atoms with van der Waals surface area (Å²) >= 11 is 0. The van der Waals surface area contributed by atoms with Crippen LogP contribution in [-0.2, 0) is 0 Å². The summed E-state index contributed by atoms with van der Waals surface area (Å²) in [6, 6.07) is 7.75. The molecule has 0 amide bonds. The summed E-state index contributed by atoms with van der Waals surface area (Å²) in [5.41, 5.74) is 1.98. The van der Waals surface area contributed by atoms with Gasteiger partial charge < -0.3 is 10.0 Å². The van der Waals surface area contributed by atoms with Gasteiger partial charge in [0.1, 0.15) is 0 Å². The molecule has 1 aromatic rings. The van der Waals surface area contributed by atoms with E-state index in [0.717, 1.165) is 38.0 Å². The van der Waals surface area contributed by atoms with Crippen LogP contribution in [0.3, 0.4) is 0 Å². The smallest absolute Gasteiger partial charge is 0.164 e. The summed E-state index contributed by atoms with van der Waals surface area (Å²) in [4.78, 5) is 14.2. The maximum atomic E-state index is 12.0. The lowest BCUT2D eigenvalue weighted by atomic mass is 10.0. The van der Waals surface area contributed by atoms with E-state index in [1.807, 2.05) is 31.2 Å². The Bertz CT molecular complexity index is 391. The summed E-state index contributed by atoms with van der Waals surface area (Å²) < 4.78 is 0. The molecule has 98 valence electrons. The quantitative estimate of drug-likeness (QED) is 0.828. The molecule has 18 heavy (non-hydrogen) atoms. The third kappa shape index (κ3) is 3.65. The highest BCUT2D eigenvalue weighted by atomic mass is 16.3. The maximum absolute atomic E-state index is 12.0. The van der Waals surface area contributed by atoms with Gasteiger partial charge in [-0.1, -0.05) is 29.8 Å². The molecule has 0 atom stereocenters. The first-order chi connectivity index (χ1) is 8.65. The Labute approximate surface area is 108 Å². The molecule has 0 radical (unpaired) electrons. The highest BCUT2D eigenvalue weighted by molar-refractivity contribution is 5.96. The molecular weight excluding hydrogens is 226 g/mol. The van der Waals surface area contributed by atoms with Crippen LogP contribution >= 0.6 is 0 Å². The lowest BCUT2D eigenvalue weighted by Crippen LogP contribution is -2.37. The van der Waals surface area contributed by atoms with Crippen molar-refractivity contribution in [3.8, 4) is 0 Å². The number of nitrogens with zero attached hydrogens (tertiary/aromatic N) is 1. The van der Waals surface area contributed by atoms with Gasteiger partial charge in [-0.2, -0.15) is 0 Å². The number of aliphatic hydroxyl groups is 1. The monoisotopic (exact) mass is 247 g/mol. The van der Waals surface area contributed by atoms with Gasteiger partial charge >= 0.3 is 0 Å². The van der Waals surface area contributed by atoms with E-state index in [1.54, 1.807) is 0 Å². The van der Waals surface area contributed by atoms with Crippen LogP contribution in [0.25, 0.3) is 0 Å². The third-order valence-corrected chi connectivity index (χ3v) is 3.59. The van der Waals surface area contributed by atoms with E-state index in [9.17, 15) is 9.90 Å². The first-order valence-electron chi connectivity index (χ1n) is 6.65. The molecule has 3 heteroatoms. The van der Waals surface area contributed by atoms with E-state index in [4.69, 9.17) is 0 Å². The second-order valence-electron chi connectivity index (χ2n) is 5.11. The number of Topliss-reactive ketones (excluding diaryl/α,β-unsaturated/α-hetero) is 1. The van der Waals surface area contributed by atoms with Gasteiger partial charge in [0.05, 0.1) is 6.10 Å². The van der Waals surface area contributed by atoms with Crippen LogP contribution in [0.2, 0.25) is 0 Å². The fourth-order valence-corrected chi connectivity index (χ4v) is 2.29. The average molecular weight is 247 g/mol. The van der Waals surface area contributed by atoms with E-state index >= 15 is 0 Å². The van der Waals surface area contributed by atoms with Crippen molar-refractivity contribution in [2.45, 2.75) is 32.3 Å². The van der Waals surface area contributed by atoms with Gasteiger partial charge in [0, 0.05) is 31.6 Å². The second-order valence-corrected chi connectivity index (χ2v) is 5.11. The van der Waals surface area contributed by atoms with Gasteiger partial charge in [0.15, 0.2) is 5.78 Å². The molecule has 2 rings (SSSR count). The van der Waals surface area contributed by atoms with Crippen LogP contribution in [0.5, 0.6) is 0 Å². The number of carbonyl (C=O) groups excluding carboxylic acids is 1. The Balaban J connectivity index is 1.79. The highest BCUT2D eigenvalue weighted by Gasteiger charge is 2.17. The van der Waals surface area contributed by atoms with Gasteiger partial charge in [-0.15, -0.1) is 0 Å². The molecule has 0 unspecified atom stereocenters. The Morgan fingerprint density at radius 1 is 1.28 bits per heavy atom. The fraction of sp³-hybridized carbons (Fsp3) is 0.533. The molecule has 0 saturated carbocycles. The van der Waals surface area contributed by atoms with E-state index < -0.39 is 0 Å². The molecule has 0 aliphatic carbocycles. The highest BCUT2D eigenvalue weighted by Crippen LogP contribution is 2.12. The zero-order valence-electron chi connectivity index (χ0n) is 10.9. The fourth-order valence-electron chi connectivity index (χ4n) is 2.29. The number of benzene rings is 1. The Morgan fingerprint density at radius 3 is 2.50 bits per heavy atom.